The summed E-state index contributed by atoms with van der Waals surface area (Å²) in [7, 11) is 0. The van der Waals surface area contributed by atoms with Crippen molar-refractivity contribution in [2.24, 2.45) is 0 Å². The van der Waals surface area contributed by atoms with Gasteiger partial charge in [-0.2, -0.15) is 0 Å². The fourth-order valence-corrected chi connectivity index (χ4v) is 2.23. The van der Waals surface area contributed by atoms with E-state index in [0.29, 0.717) is 5.76 Å². The highest BCUT2D eigenvalue weighted by atomic mass is 16.4. The van der Waals surface area contributed by atoms with Gasteiger partial charge in [-0.15, -0.1) is 0 Å². The molecule has 1 aliphatic carbocycles. The van der Waals surface area contributed by atoms with Crippen LogP contribution in [0.4, 0.5) is 0 Å². The molecule has 0 radical (unpaired) electrons. The Bertz CT molecular complexity index is 313. The summed E-state index contributed by atoms with van der Waals surface area (Å²) < 4.78 is 5.43. The fraction of sp³-hybridized carbons (Fsp3) is 0.667. The van der Waals surface area contributed by atoms with Crippen molar-refractivity contribution in [1.82, 2.24) is 5.32 Å². The molecule has 3 heteroatoms. The Labute approximate surface area is 90.5 Å². The number of rotatable bonds is 4. The molecule has 0 amide bonds. The van der Waals surface area contributed by atoms with E-state index in [9.17, 15) is 0 Å². The number of nitrogens with one attached hydrogen (secondary N) is 1. The molecule has 1 aromatic heterocycles. The minimum Gasteiger partial charge on any atom is -0.462 e. The summed E-state index contributed by atoms with van der Waals surface area (Å²) in [5.41, 5.74) is 0.284. The van der Waals surface area contributed by atoms with E-state index in [-0.39, 0.29) is 12.1 Å². The van der Waals surface area contributed by atoms with Crippen LogP contribution in [-0.4, -0.2) is 10.6 Å². The van der Waals surface area contributed by atoms with Crippen molar-refractivity contribution in [3.05, 3.63) is 23.7 Å². The van der Waals surface area contributed by atoms with Gasteiger partial charge in [0, 0.05) is 5.54 Å². The van der Waals surface area contributed by atoms with Gasteiger partial charge in [0.15, 0.2) is 0 Å². The second kappa shape index (κ2) is 4.37. The second-order valence-electron chi connectivity index (χ2n) is 4.65. The van der Waals surface area contributed by atoms with Crippen molar-refractivity contribution in [3.8, 4) is 0 Å². The highest BCUT2D eigenvalue weighted by Crippen LogP contribution is 2.29. The van der Waals surface area contributed by atoms with E-state index >= 15 is 0 Å². The molecule has 1 saturated carbocycles. The van der Waals surface area contributed by atoms with E-state index in [2.05, 4.69) is 12.2 Å². The molecule has 0 aliphatic heterocycles. The largest absolute Gasteiger partial charge is 0.462 e. The van der Waals surface area contributed by atoms with Gasteiger partial charge in [0.05, 0.1) is 6.54 Å². The number of hydrogen-bond acceptors (Lipinski definition) is 3. The lowest BCUT2D eigenvalue weighted by molar-refractivity contribution is 0.240. The van der Waals surface area contributed by atoms with Crippen LogP contribution in [0.2, 0.25) is 0 Å². The summed E-state index contributed by atoms with van der Waals surface area (Å²) in [4.78, 5) is 0. The predicted molar refractivity (Wildman–Crippen MR) is 58.3 cm³/mol. The van der Waals surface area contributed by atoms with Crippen LogP contribution in [0.3, 0.4) is 0 Å². The molecule has 0 atom stereocenters. The minimum absolute atomic E-state index is 0.0166. The number of aliphatic hydroxyl groups is 1. The zero-order chi connectivity index (χ0) is 10.7. The lowest BCUT2D eigenvalue weighted by atomic mass is 10.0. The first-order chi connectivity index (χ1) is 7.22. The molecule has 1 aromatic rings. The molecule has 0 unspecified atom stereocenters. The van der Waals surface area contributed by atoms with Crippen molar-refractivity contribution in [1.29, 1.82) is 0 Å². The van der Waals surface area contributed by atoms with Gasteiger partial charge in [-0.1, -0.05) is 12.8 Å². The highest BCUT2D eigenvalue weighted by Gasteiger charge is 2.27. The van der Waals surface area contributed by atoms with Gasteiger partial charge in [0.2, 0.25) is 0 Å². The van der Waals surface area contributed by atoms with E-state index in [1.807, 2.05) is 12.1 Å². The Kier molecular flexibility index (Phi) is 3.12. The summed E-state index contributed by atoms with van der Waals surface area (Å²) in [5.74, 6) is 1.55. The molecule has 0 bridgehead atoms. The van der Waals surface area contributed by atoms with Crippen molar-refractivity contribution in [2.75, 3.05) is 0 Å². The van der Waals surface area contributed by atoms with Crippen molar-refractivity contribution >= 4 is 0 Å². The van der Waals surface area contributed by atoms with E-state index in [0.717, 1.165) is 12.3 Å². The number of hydrogen-bond donors (Lipinski definition) is 2. The normalized spacial score (nSPS) is 19.6. The predicted octanol–water partition coefficient (Wildman–Crippen LogP) is 2.19. The third kappa shape index (κ3) is 2.61. The first-order valence-corrected chi connectivity index (χ1v) is 5.65. The van der Waals surface area contributed by atoms with Crippen LogP contribution in [0.15, 0.2) is 16.5 Å². The molecule has 2 rings (SSSR count). The molecule has 1 aliphatic rings. The third-order valence-corrected chi connectivity index (χ3v) is 3.27. The Balaban J connectivity index is 1.87. The van der Waals surface area contributed by atoms with Crippen LogP contribution in [0.1, 0.15) is 44.1 Å². The molecule has 0 aromatic carbocycles. The molecule has 1 heterocycles. The third-order valence-electron chi connectivity index (χ3n) is 3.27. The van der Waals surface area contributed by atoms with Crippen LogP contribution >= 0.6 is 0 Å². The van der Waals surface area contributed by atoms with Crippen LogP contribution in [0.25, 0.3) is 0 Å². The standard InChI is InChI=1S/C12H19NO2/c1-12(6-2-3-7-12)13-8-10-4-5-11(9-14)15-10/h4-5,13-14H,2-3,6-9H2,1H3. The Hall–Kier alpha value is -0.800. The van der Waals surface area contributed by atoms with E-state index in [1.165, 1.54) is 25.7 Å². The van der Waals surface area contributed by atoms with E-state index in [4.69, 9.17) is 9.52 Å². The topological polar surface area (TPSA) is 45.4 Å². The average Bonchev–Trinajstić information content (AvgIpc) is 2.84. The highest BCUT2D eigenvalue weighted by molar-refractivity contribution is 5.06. The molecule has 84 valence electrons. The van der Waals surface area contributed by atoms with Crippen molar-refractivity contribution in [2.45, 2.75) is 51.3 Å². The molecule has 3 nitrogen and oxygen atoms in total. The Morgan fingerprint density at radius 1 is 1.33 bits per heavy atom. The minimum atomic E-state index is -0.0166. The maximum Gasteiger partial charge on any atom is 0.129 e. The average molecular weight is 209 g/mol. The summed E-state index contributed by atoms with van der Waals surface area (Å²) in [6, 6.07) is 3.75. The summed E-state index contributed by atoms with van der Waals surface area (Å²) in [5, 5.41) is 12.4. The van der Waals surface area contributed by atoms with Crippen LogP contribution < -0.4 is 5.32 Å². The molecule has 2 N–H and O–H groups in total. The quantitative estimate of drug-likeness (QED) is 0.799. The van der Waals surface area contributed by atoms with Crippen LogP contribution in [0, 0.1) is 0 Å². The fourth-order valence-electron chi connectivity index (χ4n) is 2.23. The number of aliphatic hydroxyl groups excluding tert-OH is 1. The van der Waals surface area contributed by atoms with Gasteiger partial charge in [-0.05, 0) is 31.9 Å². The van der Waals surface area contributed by atoms with Gasteiger partial charge in [-0.3, -0.25) is 0 Å². The molecular weight excluding hydrogens is 190 g/mol. The maximum absolute atomic E-state index is 8.87. The Morgan fingerprint density at radius 3 is 2.60 bits per heavy atom. The van der Waals surface area contributed by atoms with Crippen LogP contribution in [0.5, 0.6) is 0 Å². The summed E-state index contributed by atoms with van der Waals surface area (Å²) in [6.45, 7) is 3.02. The van der Waals surface area contributed by atoms with Crippen molar-refractivity contribution in [3.63, 3.8) is 0 Å². The number of furan rings is 1. The SMILES string of the molecule is CC1(NCc2ccc(CO)o2)CCCC1. The van der Waals surface area contributed by atoms with Gasteiger partial charge in [0.1, 0.15) is 18.1 Å². The summed E-state index contributed by atoms with van der Waals surface area (Å²) >= 11 is 0. The van der Waals surface area contributed by atoms with Gasteiger partial charge in [-0.25, -0.2) is 0 Å². The zero-order valence-electron chi connectivity index (χ0n) is 9.25. The van der Waals surface area contributed by atoms with Crippen LogP contribution in [-0.2, 0) is 13.2 Å². The molecule has 0 spiro atoms. The van der Waals surface area contributed by atoms with Crippen molar-refractivity contribution < 1.29 is 9.52 Å². The van der Waals surface area contributed by atoms with E-state index < -0.39 is 0 Å². The lowest BCUT2D eigenvalue weighted by Crippen LogP contribution is -2.38. The van der Waals surface area contributed by atoms with Gasteiger partial charge in [0.25, 0.3) is 0 Å². The van der Waals surface area contributed by atoms with Gasteiger partial charge >= 0.3 is 0 Å². The maximum atomic E-state index is 8.87. The molecular formula is C12H19NO2. The molecule has 15 heavy (non-hydrogen) atoms. The monoisotopic (exact) mass is 209 g/mol. The smallest absolute Gasteiger partial charge is 0.129 e. The first-order valence-electron chi connectivity index (χ1n) is 5.65. The van der Waals surface area contributed by atoms with Gasteiger partial charge < -0.3 is 14.8 Å². The molecule has 0 saturated heterocycles. The second-order valence-corrected chi connectivity index (χ2v) is 4.65. The lowest BCUT2D eigenvalue weighted by Gasteiger charge is -2.24. The van der Waals surface area contributed by atoms with E-state index in [1.54, 1.807) is 0 Å². The summed E-state index contributed by atoms with van der Waals surface area (Å²) in [6.07, 6.45) is 5.15. The molecule has 1 fully saturated rings. The zero-order valence-corrected chi connectivity index (χ0v) is 9.25. The Morgan fingerprint density at radius 2 is 2.00 bits per heavy atom. The first kappa shape index (κ1) is 10.7.